The first-order chi connectivity index (χ1) is 38.5. The van der Waals surface area contributed by atoms with Gasteiger partial charge in [-0.3, -0.25) is 14.4 Å². The monoisotopic (exact) mass is 1090 g/mol. The molecule has 0 aliphatic heterocycles. The summed E-state index contributed by atoms with van der Waals surface area (Å²) in [5.41, 5.74) is 0. The van der Waals surface area contributed by atoms with Crippen LogP contribution >= 0.6 is 0 Å². The Bertz CT molecular complexity index is 1390. The topological polar surface area (TPSA) is 78.9 Å². The SMILES string of the molecule is CC/C=C\C/C=C\C/C=C\C/C=C\CCCCCCCCCCCCCCCCCCCCCCCCC(=O)OCC(COC(=O)CCCCCCC/C=C\CCCCC)OC(=O)CCCCCCCCCCCCCCC. The van der Waals surface area contributed by atoms with Gasteiger partial charge < -0.3 is 14.2 Å². The number of esters is 3. The molecule has 1 atom stereocenters. The maximum Gasteiger partial charge on any atom is 0.306 e. The number of unbranched alkanes of at least 4 members (excludes halogenated alkanes) is 42. The Hall–Kier alpha value is -2.89. The van der Waals surface area contributed by atoms with Gasteiger partial charge in [0, 0.05) is 19.3 Å². The van der Waals surface area contributed by atoms with Crippen molar-refractivity contribution in [2.75, 3.05) is 13.2 Å². The highest BCUT2D eigenvalue weighted by atomic mass is 16.6. The molecule has 0 spiro atoms. The maximum absolute atomic E-state index is 12.9. The summed E-state index contributed by atoms with van der Waals surface area (Å²) in [7, 11) is 0. The van der Waals surface area contributed by atoms with Gasteiger partial charge in [-0.05, 0) is 83.5 Å². The zero-order valence-electron chi connectivity index (χ0n) is 52.2. The first-order valence-corrected chi connectivity index (χ1v) is 34.3. The van der Waals surface area contributed by atoms with Crippen LogP contribution in [-0.4, -0.2) is 37.2 Å². The van der Waals surface area contributed by atoms with Crippen molar-refractivity contribution in [1.82, 2.24) is 0 Å². The molecular weight excluding hydrogens is 961 g/mol. The molecule has 0 radical (unpaired) electrons. The molecule has 78 heavy (non-hydrogen) atoms. The molecule has 0 amide bonds. The summed E-state index contributed by atoms with van der Waals surface area (Å²) in [5, 5.41) is 0. The molecule has 1 unspecified atom stereocenters. The lowest BCUT2D eigenvalue weighted by atomic mass is 10.0. The number of hydrogen-bond acceptors (Lipinski definition) is 6. The average molecular weight is 1090 g/mol. The van der Waals surface area contributed by atoms with Crippen molar-refractivity contribution in [2.24, 2.45) is 0 Å². The normalized spacial score (nSPS) is 12.4. The zero-order chi connectivity index (χ0) is 56.4. The molecule has 6 nitrogen and oxygen atoms in total. The third-order valence-corrected chi connectivity index (χ3v) is 15.3. The lowest BCUT2D eigenvalue weighted by molar-refractivity contribution is -0.167. The van der Waals surface area contributed by atoms with Crippen molar-refractivity contribution < 1.29 is 28.6 Å². The number of ether oxygens (including phenoxy) is 3. The Morgan fingerprint density at radius 1 is 0.269 bits per heavy atom. The van der Waals surface area contributed by atoms with Crippen LogP contribution in [0.3, 0.4) is 0 Å². The number of carbonyl (C=O) groups is 3. The summed E-state index contributed by atoms with van der Waals surface area (Å²) in [6, 6.07) is 0. The molecule has 0 rings (SSSR count). The second-order valence-electron chi connectivity index (χ2n) is 23.1. The molecule has 0 saturated heterocycles. The highest BCUT2D eigenvalue weighted by Crippen LogP contribution is 2.18. The fraction of sp³-hybridized carbons (Fsp3) is 0.819. The van der Waals surface area contributed by atoms with Crippen LogP contribution in [0.4, 0.5) is 0 Å². The van der Waals surface area contributed by atoms with Gasteiger partial charge in [-0.15, -0.1) is 0 Å². The third kappa shape index (κ3) is 63.9. The van der Waals surface area contributed by atoms with Gasteiger partial charge in [-0.2, -0.15) is 0 Å². The summed E-state index contributed by atoms with van der Waals surface area (Å²) >= 11 is 0. The average Bonchev–Trinajstić information content (AvgIpc) is 3.44. The van der Waals surface area contributed by atoms with Crippen molar-refractivity contribution in [3.63, 3.8) is 0 Å². The van der Waals surface area contributed by atoms with Gasteiger partial charge in [0.25, 0.3) is 0 Å². The minimum atomic E-state index is -0.772. The van der Waals surface area contributed by atoms with E-state index < -0.39 is 6.10 Å². The van der Waals surface area contributed by atoms with Crippen LogP contribution < -0.4 is 0 Å². The number of carbonyl (C=O) groups excluding carboxylic acids is 3. The molecule has 0 aromatic rings. The van der Waals surface area contributed by atoms with E-state index in [-0.39, 0.29) is 31.1 Å². The predicted molar refractivity (Wildman–Crippen MR) is 339 cm³/mol. The highest BCUT2D eigenvalue weighted by molar-refractivity contribution is 5.71. The quantitative estimate of drug-likeness (QED) is 0.0261. The second kappa shape index (κ2) is 66.6. The molecular formula is C72H130O6. The Labute approximate surface area is 485 Å². The van der Waals surface area contributed by atoms with Crippen LogP contribution in [0.5, 0.6) is 0 Å². The minimum absolute atomic E-state index is 0.0701. The third-order valence-electron chi connectivity index (χ3n) is 15.3. The molecule has 0 heterocycles. The summed E-state index contributed by atoms with van der Waals surface area (Å²) in [6.07, 6.45) is 85.5. The van der Waals surface area contributed by atoms with Crippen LogP contribution in [0.25, 0.3) is 0 Å². The first kappa shape index (κ1) is 75.1. The van der Waals surface area contributed by atoms with E-state index in [0.29, 0.717) is 19.3 Å². The van der Waals surface area contributed by atoms with E-state index in [1.165, 1.54) is 231 Å². The van der Waals surface area contributed by atoms with E-state index in [1.807, 2.05) is 0 Å². The van der Waals surface area contributed by atoms with E-state index in [9.17, 15) is 14.4 Å². The van der Waals surface area contributed by atoms with E-state index in [4.69, 9.17) is 14.2 Å². The first-order valence-electron chi connectivity index (χ1n) is 34.3. The second-order valence-corrected chi connectivity index (χ2v) is 23.1. The molecule has 0 fully saturated rings. The molecule has 0 bridgehead atoms. The Morgan fingerprint density at radius 2 is 0.500 bits per heavy atom. The van der Waals surface area contributed by atoms with E-state index in [1.54, 1.807) is 0 Å². The fourth-order valence-corrected chi connectivity index (χ4v) is 10.1. The van der Waals surface area contributed by atoms with Crippen molar-refractivity contribution in [1.29, 1.82) is 0 Å². The molecule has 0 aliphatic rings. The van der Waals surface area contributed by atoms with Crippen LogP contribution in [0.1, 0.15) is 361 Å². The van der Waals surface area contributed by atoms with Crippen molar-refractivity contribution in [3.05, 3.63) is 60.8 Å². The van der Waals surface area contributed by atoms with Gasteiger partial charge in [0.2, 0.25) is 0 Å². The van der Waals surface area contributed by atoms with Crippen LogP contribution in [0.15, 0.2) is 60.8 Å². The van der Waals surface area contributed by atoms with Gasteiger partial charge in [0.05, 0.1) is 0 Å². The van der Waals surface area contributed by atoms with E-state index in [0.717, 1.165) is 89.9 Å². The van der Waals surface area contributed by atoms with Crippen LogP contribution in [0, 0.1) is 0 Å². The maximum atomic E-state index is 12.9. The van der Waals surface area contributed by atoms with Gasteiger partial charge in [-0.25, -0.2) is 0 Å². The Kier molecular flexibility index (Phi) is 64.2. The zero-order valence-corrected chi connectivity index (χ0v) is 52.2. The molecule has 0 aromatic heterocycles. The smallest absolute Gasteiger partial charge is 0.306 e. The lowest BCUT2D eigenvalue weighted by Gasteiger charge is -2.18. The molecule has 0 saturated carbocycles. The molecule has 454 valence electrons. The summed E-state index contributed by atoms with van der Waals surface area (Å²) < 4.78 is 16.9. The molecule has 0 aliphatic carbocycles. The largest absolute Gasteiger partial charge is 0.462 e. The van der Waals surface area contributed by atoms with Gasteiger partial charge in [0.15, 0.2) is 6.10 Å². The Morgan fingerprint density at radius 3 is 0.821 bits per heavy atom. The number of hydrogen-bond donors (Lipinski definition) is 0. The van der Waals surface area contributed by atoms with Crippen molar-refractivity contribution in [2.45, 2.75) is 367 Å². The molecule has 0 aromatic carbocycles. The highest BCUT2D eigenvalue weighted by Gasteiger charge is 2.19. The predicted octanol–water partition coefficient (Wildman–Crippen LogP) is 23.5. The van der Waals surface area contributed by atoms with Crippen LogP contribution in [0.2, 0.25) is 0 Å². The van der Waals surface area contributed by atoms with Crippen molar-refractivity contribution in [3.8, 4) is 0 Å². The standard InChI is InChI=1S/C72H130O6/c1-4-7-10-13-16-19-22-25-26-27-28-29-30-31-32-33-34-35-36-37-38-39-40-41-42-43-44-45-46-48-50-53-56-59-62-65-71(74)77-68-69(67-76-70(73)64-61-58-55-52-49-24-21-18-15-12-9-6-3)78-72(75)66-63-60-57-54-51-47-23-20-17-14-11-8-5-2/h7,10,16,18-19,21,25-26,28-29,69H,4-6,8-9,11-15,17,20,22-24,27,30-68H2,1-3H3/b10-7-,19-16-,21-18-,26-25-,29-28-. The summed E-state index contributed by atoms with van der Waals surface area (Å²) in [6.45, 7) is 6.54. The van der Waals surface area contributed by atoms with E-state index >= 15 is 0 Å². The van der Waals surface area contributed by atoms with Gasteiger partial charge in [0.1, 0.15) is 13.2 Å². The molecule has 6 heteroatoms. The van der Waals surface area contributed by atoms with Gasteiger partial charge >= 0.3 is 17.9 Å². The Balaban J connectivity index is 4.02. The van der Waals surface area contributed by atoms with Crippen LogP contribution in [-0.2, 0) is 28.6 Å². The molecule has 0 N–H and O–H groups in total. The summed E-state index contributed by atoms with van der Waals surface area (Å²) in [5.74, 6) is -0.858. The number of allylic oxidation sites excluding steroid dienone is 10. The van der Waals surface area contributed by atoms with Crippen molar-refractivity contribution >= 4 is 17.9 Å². The fourth-order valence-electron chi connectivity index (χ4n) is 10.1. The van der Waals surface area contributed by atoms with E-state index in [2.05, 4.69) is 81.5 Å². The number of rotatable bonds is 63. The minimum Gasteiger partial charge on any atom is -0.462 e. The lowest BCUT2D eigenvalue weighted by Crippen LogP contribution is -2.30. The summed E-state index contributed by atoms with van der Waals surface area (Å²) in [4.78, 5) is 38.2. The van der Waals surface area contributed by atoms with Gasteiger partial charge in [-0.1, -0.05) is 319 Å².